The molecule has 0 saturated heterocycles. The van der Waals surface area contributed by atoms with Gasteiger partial charge in [-0.3, -0.25) is 4.79 Å². The zero-order chi connectivity index (χ0) is 11.0. The Morgan fingerprint density at radius 3 is 2.64 bits per heavy atom. The maximum atomic E-state index is 10.5. The monoisotopic (exact) mass is 199 g/mol. The van der Waals surface area contributed by atoms with E-state index in [-0.39, 0.29) is 12.3 Å². The van der Waals surface area contributed by atoms with Gasteiger partial charge in [-0.15, -0.1) is 0 Å². The number of nitrogens with two attached hydrogens (primary N) is 1. The number of rotatable bonds is 7. The van der Waals surface area contributed by atoms with Crippen molar-refractivity contribution in [1.29, 1.82) is 0 Å². The Bertz CT molecular complexity index is 190. The number of carbonyl (C=O) groups is 1. The number of aliphatic carboxylic acids is 1. The lowest BCUT2D eigenvalue weighted by molar-refractivity contribution is -0.138. The highest BCUT2D eigenvalue weighted by Crippen LogP contribution is 2.17. The van der Waals surface area contributed by atoms with Crippen LogP contribution in [0.1, 0.15) is 33.1 Å². The van der Waals surface area contributed by atoms with Crippen molar-refractivity contribution >= 4 is 5.97 Å². The number of hydrogen-bond donors (Lipinski definition) is 2. The summed E-state index contributed by atoms with van der Waals surface area (Å²) < 4.78 is 0. The van der Waals surface area contributed by atoms with E-state index < -0.39 is 5.97 Å². The molecule has 0 radical (unpaired) electrons. The smallest absolute Gasteiger partial charge is 0.303 e. The average molecular weight is 199 g/mol. The van der Waals surface area contributed by atoms with E-state index in [1.807, 2.05) is 13.0 Å². The Morgan fingerprint density at radius 1 is 1.57 bits per heavy atom. The molecule has 3 heteroatoms. The maximum absolute atomic E-state index is 10.5. The normalized spacial score (nSPS) is 15.6. The van der Waals surface area contributed by atoms with Gasteiger partial charge in [0.2, 0.25) is 0 Å². The number of allylic oxidation sites excluding steroid dienone is 2. The number of carboxylic acid groups (broad SMARTS) is 1. The molecule has 0 fully saturated rings. The van der Waals surface area contributed by atoms with Crippen molar-refractivity contribution in [2.24, 2.45) is 17.6 Å². The lowest BCUT2D eigenvalue weighted by atomic mass is 9.91. The first-order valence-corrected chi connectivity index (χ1v) is 5.13. The zero-order valence-corrected chi connectivity index (χ0v) is 9.07. The molecule has 0 amide bonds. The summed E-state index contributed by atoms with van der Waals surface area (Å²) >= 11 is 0. The molecular weight excluding hydrogens is 178 g/mol. The molecule has 0 unspecified atom stereocenters. The molecule has 0 spiro atoms. The molecule has 0 bridgehead atoms. The molecule has 0 aromatic rings. The fraction of sp³-hybridized carbons (Fsp3) is 0.727. The Hall–Kier alpha value is -0.830. The predicted molar refractivity (Wildman–Crippen MR) is 58.0 cm³/mol. The van der Waals surface area contributed by atoms with Crippen LogP contribution in [-0.2, 0) is 4.79 Å². The molecule has 0 rings (SSSR count). The van der Waals surface area contributed by atoms with Crippen LogP contribution in [0.5, 0.6) is 0 Å². The van der Waals surface area contributed by atoms with Crippen LogP contribution in [0.3, 0.4) is 0 Å². The van der Waals surface area contributed by atoms with E-state index in [0.29, 0.717) is 12.5 Å². The van der Waals surface area contributed by atoms with Crippen molar-refractivity contribution < 1.29 is 9.90 Å². The van der Waals surface area contributed by atoms with Gasteiger partial charge < -0.3 is 10.8 Å². The lowest BCUT2D eigenvalue weighted by Crippen LogP contribution is -2.20. The first-order chi connectivity index (χ1) is 6.60. The van der Waals surface area contributed by atoms with Gasteiger partial charge in [0, 0.05) is 6.42 Å². The quantitative estimate of drug-likeness (QED) is 0.617. The Kier molecular flexibility index (Phi) is 7.11. The zero-order valence-electron chi connectivity index (χ0n) is 9.07. The molecule has 2 atom stereocenters. The van der Waals surface area contributed by atoms with Crippen LogP contribution in [0.25, 0.3) is 0 Å². The summed E-state index contributed by atoms with van der Waals surface area (Å²) in [6, 6.07) is 0. The van der Waals surface area contributed by atoms with Crippen LogP contribution in [0, 0.1) is 11.8 Å². The first kappa shape index (κ1) is 13.2. The third-order valence-electron chi connectivity index (χ3n) is 2.31. The van der Waals surface area contributed by atoms with E-state index >= 15 is 0 Å². The van der Waals surface area contributed by atoms with E-state index in [2.05, 4.69) is 13.0 Å². The molecule has 0 aliphatic heterocycles. The van der Waals surface area contributed by atoms with Gasteiger partial charge in [-0.05, 0) is 38.1 Å². The van der Waals surface area contributed by atoms with Crippen molar-refractivity contribution in [1.82, 2.24) is 0 Å². The Labute approximate surface area is 86.0 Å². The fourth-order valence-corrected chi connectivity index (χ4v) is 1.54. The highest BCUT2D eigenvalue weighted by Gasteiger charge is 2.14. The summed E-state index contributed by atoms with van der Waals surface area (Å²) in [6.45, 7) is 4.58. The molecule has 0 aromatic heterocycles. The summed E-state index contributed by atoms with van der Waals surface area (Å²) in [5, 5.41) is 8.63. The third-order valence-corrected chi connectivity index (χ3v) is 2.31. The summed E-state index contributed by atoms with van der Waals surface area (Å²) in [4.78, 5) is 10.5. The number of hydrogen-bond acceptors (Lipinski definition) is 2. The van der Waals surface area contributed by atoms with E-state index in [1.165, 1.54) is 0 Å². The molecule has 0 aromatic carbocycles. The maximum Gasteiger partial charge on any atom is 0.303 e. The molecule has 14 heavy (non-hydrogen) atoms. The van der Waals surface area contributed by atoms with Crippen LogP contribution in [0.15, 0.2) is 12.2 Å². The summed E-state index contributed by atoms with van der Waals surface area (Å²) in [7, 11) is 0. The van der Waals surface area contributed by atoms with E-state index in [4.69, 9.17) is 10.8 Å². The third kappa shape index (κ3) is 6.66. The van der Waals surface area contributed by atoms with Gasteiger partial charge >= 0.3 is 5.97 Å². The molecule has 82 valence electrons. The van der Waals surface area contributed by atoms with Gasteiger partial charge in [-0.2, -0.15) is 0 Å². The second-order valence-corrected chi connectivity index (χ2v) is 3.85. The molecular formula is C11H21NO2. The molecule has 3 N–H and O–H groups in total. The minimum absolute atomic E-state index is 0.118. The molecule has 0 saturated carbocycles. The largest absolute Gasteiger partial charge is 0.481 e. The van der Waals surface area contributed by atoms with Crippen molar-refractivity contribution in [2.75, 3.05) is 6.54 Å². The van der Waals surface area contributed by atoms with Gasteiger partial charge in [-0.25, -0.2) is 0 Å². The Balaban J connectivity index is 3.85. The van der Waals surface area contributed by atoms with Crippen LogP contribution < -0.4 is 5.73 Å². The fourth-order valence-electron chi connectivity index (χ4n) is 1.54. The topological polar surface area (TPSA) is 63.3 Å². The second-order valence-electron chi connectivity index (χ2n) is 3.85. The highest BCUT2D eigenvalue weighted by molar-refractivity contribution is 5.67. The summed E-state index contributed by atoms with van der Waals surface area (Å²) in [6.07, 6.45) is 6.22. The minimum atomic E-state index is -0.751. The molecule has 0 aliphatic rings. The van der Waals surface area contributed by atoms with Gasteiger partial charge in [0.05, 0.1) is 0 Å². The van der Waals surface area contributed by atoms with Crippen molar-refractivity contribution in [3.05, 3.63) is 12.2 Å². The van der Waals surface area contributed by atoms with Gasteiger partial charge in [0.15, 0.2) is 0 Å². The highest BCUT2D eigenvalue weighted by atomic mass is 16.4. The standard InChI is InChI=1S/C11H21NO2/c1-3-4-5-9(2)6-10(8-12)7-11(13)14/h3-4,9-10H,5-8,12H2,1-2H3,(H,13,14)/t9-,10+/m1/s1. The van der Waals surface area contributed by atoms with Crippen molar-refractivity contribution in [3.63, 3.8) is 0 Å². The lowest BCUT2D eigenvalue weighted by Gasteiger charge is -2.16. The molecule has 3 nitrogen and oxygen atoms in total. The van der Waals surface area contributed by atoms with Crippen LogP contribution >= 0.6 is 0 Å². The Morgan fingerprint density at radius 2 is 2.21 bits per heavy atom. The second kappa shape index (κ2) is 7.56. The summed E-state index contributed by atoms with van der Waals surface area (Å²) in [5.74, 6) is -0.120. The average Bonchev–Trinajstić information content (AvgIpc) is 2.12. The van der Waals surface area contributed by atoms with E-state index in [0.717, 1.165) is 12.8 Å². The van der Waals surface area contributed by atoms with Crippen LogP contribution in [-0.4, -0.2) is 17.6 Å². The van der Waals surface area contributed by atoms with Gasteiger partial charge in [0.1, 0.15) is 0 Å². The molecule has 0 aliphatic carbocycles. The summed E-state index contributed by atoms with van der Waals surface area (Å²) in [5.41, 5.74) is 5.52. The predicted octanol–water partition coefficient (Wildman–Crippen LogP) is 2.03. The van der Waals surface area contributed by atoms with E-state index in [9.17, 15) is 4.79 Å². The van der Waals surface area contributed by atoms with Crippen molar-refractivity contribution in [3.8, 4) is 0 Å². The first-order valence-electron chi connectivity index (χ1n) is 5.13. The van der Waals surface area contributed by atoms with Crippen molar-refractivity contribution in [2.45, 2.75) is 33.1 Å². The van der Waals surface area contributed by atoms with E-state index in [1.54, 1.807) is 0 Å². The van der Waals surface area contributed by atoms with Gasteiger partial charge in [-0.1, -0.05) is 19.1 Å². The SMILES string of the molecule is CC=CC[C@@H](C)C[C@H](CN)CC(=O)O. The number of carboxylic acids is 1. The molecule has 0 heterocycles. The minimum Gasteiger partial charge on any atom is -0.481 e. The van der Waals surface area contributed by atoms with Crippen LogP contribution in [0.2, 0.25) is 0 Å². The van der Waals surface area contributed by atoms with Crippen LogP contribution in [0.4, 0.5) is 0 Å². The van der Waals surface area contributed by atoms with Gasteiger partial charge in [0.25, 0.3) is 0 Å².